The smallest absolute Gasteiger partial charge is 0.240 e. The third-order valence-electron chi connectivity index (χ3n) is 2.27. The number of amides is 1. The molecule has 90 valence electrons. The second-order valence-corrected chi connectivity index (χ2v) is 5.83. The van der Waals surface area contributed by atoms with Crippen LogP contribution in [0.15, 0.2) is 0 Å². The molecule has 0 saturated carbocycles. The van der Waals surface area contributed by atoms with Crippen molar-refractivity contribution in [3.8, 4) is 0 Å². The van der Waals surface area contributed by atoms with E-state index in [9.17, 15) is 13.2 Å². The topological polar surface area (TPSA) is 74.7 Å². The summed E-state index contributed by atoms with van der Waals surface area (Å²) in [6.45, 7) is 4.02. The number of aliphatic hydroxyl groups excluding tert-OH is 1. The Hall–Kier alpha value is -0.620. The predicted molar refractivity (Wildman–Crippen MR) is 58.3 cm³/mol. The molecule has 5 nitrogen and oxygen atoms in total. The maximum absolute atomic E-state index is 11.7. The van der Waals surface area contributed by atoms with E-state index in [1.54, 1.807) is 6.92 Å². The third kappa shape index (κ3) is 4.61. The Kier molecular flexibility index (Phi) is 5.82. The number of carbonyl (C=O) groups excluding carboxylic acids is 1. The lowest BCUT2D eigenvalue weighted by Crippen LogP contribution is -2.41. The maximum atomic E-state index is 11.7. The average Bonchev–Trinajstić information content (AvgIpc) is 2.16. The van der Waals surface area contributed by atoms with Crippen LogP contribution < -0.4 is 0 Å². The van der Waals surface area contributed by atoms with Crippen LogP contribution in [0.1, 0.15) is 20.3 Å². The van der Waals surface area contributed by atoms with Gasteiger partial charge in [0.05, 0.1) is 0 Å². The molecule has 0 bridgehead atoms. The summed E-state index contributed by atoms with van der Waals surface area (Å²) in [5.74, 6) is -0.395. The fourth-order valence-corrected chi connectivity index (χ4v) is 1.64. The minimum Gasteiger partial charge on any atom is -0.396 e. The van der Waals surface area contributed by atoms with Crippen molar-refractivity contribution in [2.75, 3.05) is 26.0 Å². The summed E-state index contributed by atoms with van der Waals surface area (Å²) in [5.41, 5.74) is 0. The van der Waals surface area contributed by atoms with E-state index in [4.69, 9.17) is 5.11 Å². The van der Waals surface area contributed by atoms with E-state index < -0.39 is 21.0 Å². The molecule has 0 rings (SSSR count). The molecule has 0 aliphatic rings. The minimum atomic E-state index is -3.34. The standard InChI is InChI=1S/C9H19NO4S/c1-4-10(6-5-7-11)9(12)8(2)15(3,13)14/h8,11H,4-7H2,1-3H3. The Labute approximate surface area is 91.0 Å². The zero-order valence-corrected chi connectivity index (χ0v) is 10.2. The lowest BCUT2D eigenvalue weighted by molar-refractivity contribution is -0.130. The second kappa shape index (κ2) is 6.07. The van der Waals surface area contributed by atoms with Gasteiger partial charge in [0.15, 0.2) is 9.84 Å². The summed E-state index contributed by atoms with van der Waals surface area (Å²) in [5, 5.41) is 7.63. The van der Waals surface area contributed by atoms with E-state index in [-0.39, 0.29) is 6.61 Å². The number of hydrogen-bond acceptors (Lipinski definition) is 4. The zero-order valence-electron chi connectivity index (χ0n) is 9.43. The van der Waals surface area contributed by atoms with Crippen LogP contribution in [0, 0.1) is 0 Å². The molecule has 0 spiro atoms. The first-order valence-corrected chi connectivity index (χ1v) is 6.88. The summed E-state index contributed by atoms with van der Waals surface area (Å²) >= 11 is 0. The summed E-state index contributed by atoms with van der Waals surface area (Å²) in [6.07, 6.45) is 1.52. The van der Waals surface area contributed by atoms with Gasteiger partial charge in [0.2, 0.25) is 5.91 Å². The van der Waals surface area contributed by atoms with E-state index in [0.29, 0.717) is 19.5 Å². The van der Waals surface area contributed by atoms with Gasteiger partial charge in [-0.3, -0.25) is 4.79 Å². The largest absolute Gasteiger partial charge is 0.396 e. The Morgan fingerprint density at radius 3 is 2.33 bits per heavy atom. The van der Waals surface area contributed by atoms with E-state index >= 15 is 0 Å². The quantitative estimate of drug-likeness (QED) is 0.685. The van der Waals surface area contributed by atoms with Gasteiger partial charge < -0.3 is 10.0 Å². The first-order valence-electron chi connectivity index (χ1n) is 4.93. The summed E-state index contributed by atoms with van der Waals surface area (Å²) in [4.78, 5) is 13.1. The molecule has 0 aromatic rings. The molecule has 1 N–H and O–H groups in total. The Morgan fingerprint density at radius 2 is 2.00 bits per heavy atom. The molecule has 0 radical (unpaired) electrons. The van der Waals surface area contributed by atoms with Crippen LogP contribution in [0.3, 0.4) is 0 Å². The van der Waals surface area contributed by atoms with Crippen molar-refractivity contribution in [1.82, 2.24) is 4.90 Å². The third-order valence-corrected chi connectivity index (χ3v) is 3.76. The highest BCUT2D eigenvalue weighted by molar-refractivity contribution is 7.92. The number of sulfone groups is 1. The van der Waals surface area contributed by atoms with Gasteiger partial charge in [-0.15, -0.1) is 0 Å². The van der Waals surface area contributed by atoms with Crippen LogP contribution in [0.2, 0.25) is 0 Å². The van der Waals surface area contributed by atoms with Gasteiger partial charge in [0.25, 0.3) is 0 Å². The first kappa shape index (κ1) is 14.4. The van der Waals surface area contributed by atoms with Crippen LogP contribution in [0.25, 0.3) is 0 Å². The molecular weight excluding hydrogens is 218 g/mol. The molecule has 1 amide bonds. The highest BCUT2D eigenvalue weighted by atomic mass is 32.2. The van der Waals surface area contributed by atoms with Gasteiger partial charge >= 0.3 is 0 Å². The van der Waals surface area contributed by atoms with Crippen LogP contribution in [-0.4, -0.2) is 55.5 Å². The van der Waals surface area contributed by atoms with E-state index in [2.05, 4.69) is 0 Å². The molecule has 6 heteroatoms. The molecule has 1 atom stereocenters. The first-order chi connectivity index (χ1) is 6.84. The SMILES string of the molecule is CCN(CCCO)C(=O)C(C)S(C)(=O)=O. The fraction of sp³-hybridized carbons (Fsp3) is 0.889. The summed E-state index contributed by atoms with van der Waals surface area (Å²) in [7, 11) is -3.34. The van der Waals surface area contributed by atoms with Crippen molar-refractivity contribution in [3.05, 3.63) is 0 Å². The van der Waals surface area contributed by atoms with Crippen LogP contribution in [0.5, 0.6) is 0 Å². The normalized spacial score (nSPS) is 13.6. The van der Waals surface area contributed by atoms with E-state index in [1.807, 2.05) is 0 Å². The fourth-order valence-electron chi connectivity index (χ4n) is 1.13. The van der Waals surface area contributed by atoms with Crippen molar-refractivity contribution in [3.63, 3.8) is 0 Å². The second-order valence-electron chi connectivity index (χ2n) is 3.47. The lowest BCUT2D eigenvalue weighted by atomic mass is 10.3. The molecule has 0 heterocycles. The number of rotatable bonds is 6. The van der Waals surface area contributed by atoms with Crippen molar-refractivity contribution in [2.45, 2.75) is 25.5 Å². The number of carbonyl (C=O) groups is 1. The van der Waals surface area contributed by atoms with E-state index in [1.165, 1.54) is 11.8 Å². The number of aliphatic hydroxyl groups is 1. The molecule has 0 aromatic carbocycles. The molecule has 15 heavy (non-hydrogen) atoms. The molecule has 1 unspecified atom stereocenters. The zero-order chi connectivity index (χ0) is 12.1. The Bertz CT molecular complexity index is 299. The molecule has 0 aliphatic carbocycles. The van der Waals surface area contributed by atoms with Gasteiger partial charge in [-0.2, -0.15) is 0 Å². The van der Waals surface area contributed by atoms with Gasteiger partial charge in [-0.1, -0.05) is 0 Å². The Balaban J connectivity index is 4.52. The van der Waals surface area contributed by atoms with Gasteiger partial charge in [-0.05, 0) is 20.3 Å². The molecule has 0 aromatic heterocycles. The van der Waals surface area contributed by atoms with Crippen LogP contribution in [0.4, 0.5) is 0 Å². The highest BCUT2D eigenvalue weighted by Crippen LogP contribution is 2.04. The van der Waals surface area contributed by atoms with Gasteiger partial charge in [-0.25, -0.2) is 8.42 Å². The van der Waals surface area contributed by atoms with Crippen LogP contribution >= 0.6 is 0 Å². The maximum Gasteiger partial charge on any atom is 0.240 e. The van der Waals surface area contributed by atoms with E-state index in [0.717, 1.165) is 6.26 Å². The van der Waals surface area contributed by atoms with Crippen molar-refractivity contribution in [1.29, 1.82) is 0 Å². The highest BCUT2D eigenvalue weighted by Gasteiger charge is 2.27. The predicted octanol–water partition coefficient (Wildman–Crippen LogP) is -0.350. The summed E-state index contributed by atoms with van der Waals surface area (Å²) in [6, 6.07) is 0. The Morgan fingerprint density at radius 1 is 1.47 bits per heavy atom. The van der Waals surface area contributed by atoms with Crippen molar-refractivity contribution < 1.29 is 18.3 Å². The molecular formula is C9H19NO4S. The lowest BCUT2D eigenvalue weighted by Gasteiger charge is -2.23. The molecule has 0 fully saturated rings. The minimum absolute atomic E-state index is 0.00294. The van der Waals surface area contributed by atoms with Crippen molar-refractivity contribution >= 4 is 15.7 Å². The number of nitrogens with zero attached hydrogens (tertiary/aromatic N) is 1. The van der Waals surface area contributed by atoms with Crippen LogP contribution in [-0.2, 0) is 14.6 Å². The summed E-state index contributed by atoms with van der Waals surface area (Å²) < 4.78 is 22.3. The number of hydrogen-bond donors (Lipinski definition) is 1. The average molecular weight is 237 g/mol. The van der Waals surface area contributed by atoms with Crippen molar-refractivity contribution in [2.24, 2.45) is 0 Å². The monoisotopic (exact) mass is 237 g/mol. The molecule has 0 saturated heterocycles. The molecule has 0 aliphatic heterocycles. The van der Waals surface area contributed by atoms with Gasteiger partial charge in [0, 0.05) is 26.0 Å². The van der Waals surface area contributed by atoms with Gasteiger partial charge in [0.1, 0.15) is 5.25 Å².